The van der Waals surface area contributed by atoms with E-state index >= 15 is 0 Å². The number of Topliss-reactive ketones (excluding diaryl/α,β-unsaturated/α-hetero) is 1. The van der Waals surface area contributed by atoms with Crippen LogP contribution in [0.1, 0.15) is 34.1 Å². The number of carboxylic acids is 1. The lowest BCUT2D eigenvalue weighted by Crippen LogP contribution is -2.34. The smallest absolute Gasteiger partial charge is 0.371 e. The highest BCUT2D eigenvalue weighted by Gasteiger charge is 2.35. The van der Waals surface area contributed by atoms with E-state index in [0.29, 0.717) is 23.5 Å². The number of ether oxygens (including phenoxy) is 4. The van der Waals surface area contributed by atoms with Gasteiger partial charge < -0.3 is 24.1 Å². The molecule has 164 valence electrons. The molecule has 1 N–H and O–H groups in total. The van der Waals surface area contributed by atoms with E-state index in [1.807, 2.05) is 0 Å². The molecule has 0 aromatic carbocycles. The maximum Gasteiger partial charge on any atom is 0.371 e. The Morgan fingerprint density at radius 3 is 1.79 bits per heavy atom. The fourth-order valence-electron chi connectivity index (χ4n) is 1.51. The van der Waals surface area contributed by atoms with Gasteiger partial charge in [-0.1, -0.05) is 0 Å². The van der Waals surface area contributed by atoms with Gasteiger partial charge in [0.2, 0.25) is 13.6 Å². The van der Waals surface area contributed by atoms with Gasteiger partial charge in [-0.05, 0) is 37.4 Å². The van der Waals surface area contributed by atoms with Crippen LogP contribution in [0.5, 0.6) is 0 Å². The SMILES string of the molecule is CC(=O)OCOC(=O)SC[C@H](CC(=O)C(C)(C)SC(=O)OCOC(C)=O)C(=O)O. The van der Waals surface area contributed by atoms with Gasteiger partial charge in [0, 0.05) is 26.0 Å². The zero-order valence-corrected chi connectivity index (χ0v) is 17.9. The number of rotatable bonds is 11. The Kier molecular flexibility index (Phi) is 12.0. The van der Waals surface area contributed by atoms with Crippen molar-refractivity contribution in [2.45, 2.75) is 38.9 Å². The molecule has 0 saturated heterocycles. The molecule has 0 bridgehead atoms. The van der Waals surface area contributed by atoms with Crippen LogP contribution in [0.2, 0.25) is 0 Å². The topological polar surface area (TPSA) is 160 Å². The molecule has 0 radical (unpaired) electrons. The molecule has 11 nitrogen and oxygen atoms in total. The van der Waals surface area contributed by atoms with Gasteiger partial charge >= 0.3 is 28.5 Å². The van der Waals surface area contributed by atoms with Crippen molar-refractivity contribution in [1.29, 1.82) is 0 Å². The van der Waals surface area contributed by atoms with Crippen LogP contribution in [-0.4, -0.2) is 63.5 Å². The van der Waals surface area contributed by atoms with Crippen LogP contribution >= 0.6 is 23.5 Å². The Hall–Kier alpha value is -2.28. The number of esters is 2. The normalized spacial score (nSPS) is 11.7. The van der Waals surface area contributed by atoms with Gasteiger partial charge in [-0.3, -0.25) is 19.2 Å². The Morgan fingerprint density at radius 1 is 0.862 bits per heavy atom. The average Bonchev–Trinajstić information content (AvgIpc) is 2.56. The minimum atomic E-state index is -1.32. The average molecular weight is 454 g/mol. The van der Waals surface area contributed by atoms with Crippen molar-refractivity contribution in [1.82, 2.24) is 0 Å². The molecule has 0 aliphatic carbocycles. The second kappa shape index (κ2) is 13.0. The predicted octanol–water partition coefficient (Wildman–Crippen LogP) is 2.21. The van der Waals surface area contributed by atoms with E-state index in [4.69, 9.17) is 0 Å². The largest absolute Gasteiger partial charge is 0.481 e. The molecule has 0 fully saturated rings. The molecule has 29 heavy (non-hydrogen) atoms. The Bertz CT molecular complexity index is 645. The van der Waals surface area contributed by atoms with Crippen LogP contribution in [0.3, 0.4) is 0 Å². The number of hydrogen-bond donors (Lipinski definition) is 1. The molecule has 0 aromatic rings. The predicted molar refractivity (Wildman–Crippen MR) is 101 cm³/mol. The molecular weight excluding hydrogens is 432 g/mol. The standard InChI is InChI=1S/C16H22O11S2/c1-9(17)24-7-26-14(22)28-6-11(13(20)21)5-12(19)16(3,4)29-15(23)27-8-25-10(2)18/h11H,5-8H2,1-4H3,(H,20,21)/t11-/m0/s1. The lowest BCUT2D eigenvalue weighted by Gasteiger charge is -2.22. The molecule has 13 heteroatoms. The lowest BCUT2D eigenvalue weighted by atomic mass is 9.97. The molecule has 0 aliphatic heterocycles. The van der Waals surface area contributed by atoms with Crippen LogP contribution in [0.4, 0.5) is 9.59 Å². The molecule has 1 atom stereocenters. The van der Waals surface area contributed by atoms with Gasteiger partial charge in [-0.15, -0.1) is 0 Å². The van der Waals surface area contributed by atoms with E-state index in [9.17, 15) is 33.9 Å². The van der Waals surface area contributed by atoms with E-state index < -0.39 is 65.0 Å². The van der Waals surface area contributed by atoms with E-state index in [0.717, 1.165) is 13.8 Å². The zero-order valence-electron chi connectivity index (χ0n) is 16.3. The van der Waals surface area contributed by atoms with Crippen molar-refractivity contribution >= 4 is 57.8 Å². The van der Waals surface area contributed by atoms with Crippen molar-refractivity contribution in [3.05, 3.63) is 0 Å². The Labute approximate surface area is 175 Å². The summed E-state index contributed by atoms with van der Waals surface area (Å²) >= 11 is 1.02. The fourth-order valence-corrected chi connectivity index (χ4v) is 2.96. The molecule has 0 saturated carbocycles. The van der Waals surface area contributed by atoms with Crippen LogP contribution in [0.15, 0.2) is 0 Å². The molecule has 0 amide bonds. The van der Waals surface area contributed by atoms with Crippen molar-refractivity contribution < 1.29 is 52.8 Å². The maximum absolute atomic E-state index is 12.4. The number of carbonyl (C=O) groups excluding carboxylic acids is 5. The second-order valence-corrected chi connectivity index (χ2v) is 8.40. The van der Waals surface area contributed by atoms with Gasteiger partial charge in [0.05, 0.1) is 10.7 Å². The summed E-state index contributed by atoms with van der Waals surface area (Å²) in [6.07, 6.45) is -0.448. The number of ketones is 1. The minimum absolute atomic E-state index is 0.266. The van der Waals surface area contributed by atoms with E-state index in [1.165, 1.54) is 13.8 Å². The van der Waals surface area contributed by atoms with Crippen LogP contribution in [0.25, 0.3) is 0 Å². The van der Waals surface area contributed by atoms with Gasteiger partial charge in [-0.2, -0.15) is 0 Å². The molecule has 0 heterocycles. The number of carbonyl (C=O) groups is 6. The van der Waals surface area contributed by atoms with Crippen LogP contribution in [0, 0.1) is 5.92 Å². The van der Waals surface area contributed by atoms with Crippen molar-refractivity contribution in [2.24, 2.45) is 5.92 Å². The van der Waals surface area contributed by atoms with E-state index in [-0.39, 0.29) is 5.75 Å². The van der Waals surface area contributed by atoms with Crippen LogP contribution < -0.4 is 0 Å². The summed E-state index contributed by atoms with van der Waals surface area (Å²) in [6, 6.07) is 0. The highest BCUT2D eigenvalue weighted by molar-refractivity contribution is 8.15. The lowest BCUT2D eigenvalue weighted by molar-refractivity contribution is -0.149. The summed E-state index contributed by atoms with van der Waals surface area (Å²) in [7, 11) is 0. The second-order valence-electron chi connectivity index (χ2n) is 5.88. The number of thioether (sulfide) groups is 2. The first-order valence-electron chi connectivity index (χ1n) is 8.03. The first kappa shape index (κ1) is 26.7. The number of aliphatic carboxylic acids is 1. The monoisotopic (exact) mass is 454 g/mol. The van der Waals surface area contributed by atoms with Gasteiger partial charge in [0.1, 0.15) is 5.78 Å². The van der Waals surface area contributed by atoms with Gasteiger partial charge in [-0.25, -0.2) is 9.59 Å². The quantitative estimate of drug-likeness (QED) is 0.358. The van der Waals surface area contributed by atoms with E-state index in [1.54, 1.807) is 0 Å². The third-order valence-electron chi connectivity index (χ3n) is 3.07. The molecule has 0 unspecified atom stereocenters. The number of hydrogen-bond acceptors (Lipinski definition) is 12. The highest BCUT2D eigenvalue weighted by atomic mass is 32.2. The maximum atomic E-state index is 12.4. The fraction of sp³-hybridized carbons (Fsp3) is 0.625. The van der Waals surface area contributed by atoms with Crippen LogP contribution in [-0.2, 0) is 38.1 Å². The summed E-state index contributed by atoms with van der Waals surface area (Å²) in [6.45, 7) is 3.87. The van der Waals surface area contributed by atoms with Crippen molar-refractivity contribution in [3.63, 3.8) is 0 Å². The number of carboxylic acid groups (broad SMARTS) is 1. The highest BCUT2D eigenvalue weighted by Crippen LogP contribution is 2.30. The molecule has 0 aromatic heterocycles. The summed E-state index contributed by atoms with van der Waals surface area (Å²) in [5.74, 6) is -4.65. The van der Waals surface area contributed by atoms with Gasteiger partial charge in [0.15, 0.2) is 0 Å². The van der Waals surface area contributed by atoms with Crippen molar-refractivity contribution in [2.75, 3.05) is 19.3 Å². The first-order chi connectivity index (χ1) is 13.3. The summed E-state index contributed by atoms with van der Waals surface area (Å²) in [5, 5.41) is 7.52. The Morgan fingerprint density at radius 2 is 1.34 bits per heavy atom. The third-order valence-corrected chi connectivity index (χ3v) is 5.02. The minimum Gasteiger partial charge on any atom is -0.481 e. The first-order valence-corrected chi connectivity index (χ1v) is 9.83. The third kappa shape index (κ3) is 12.7. The molecule has 0 spiro atoms. The molecule has 0 aliphatic rings. The Balaban J connectivity index is 4.60. The van der Waals surface area contributed by atoms with E-state index in [2.05, 4.69) is 18.9 Å². The van der Waals surface area contributed by atoms with Gasteiger partial charge in [0.25, 0.3) is 0 Å². The summed E-state index contributed by atoms with van der Waals surface area (Å²) in [5.41, 5.74) is 0. The zero-order chi connectivity index (χ0) is 22.6. The summed E-state index contributed by atoms with van der Waals surface area (Å²) < 4.78 is 16.7. The van der Waals surface area contributed by atoms with Crippen molar-refractivity contribution in [3.8, 4) is 0 Å². The summed E-state index contributed by atoms with van der Waals surface area (Å²) in [4.78, 5) is 68.2. The molecule has 0 rings (SSSR count). The molecular formula is C16H22O11S2.